The highest BCUT2D eigenvalue weighted by Crippen LogP contribution is 2.24. The number of carbonyl (C=O) groups is 2. The molecule has 1 aliphatic rings. The average molecular weight is 360 g/mol. The van der Waals surface area contributed by atoms with E-state index < -0.39 is 0 Å². The largest absolute Gasteiger partial charge is 0.411 e. The van der Waals surface area contributed by atoms with Gasteiger partial charge in [0.2, 0.25) is 17.7 Å². The Morgan fingerprint density at radius 3 is 3.00 bits per heavy atom. The zero-order chi connectivity index (χ0) is 17.8. The standard InChI is InChI=1S/C17H20N4O3S/c1-11-4-2-5-12(8-11)16-19-20-17(24-16)25-10-14(22)21-7-3-6-13(9-21)15(18)23/h2,4-5,8,13H,3,6-7,9-10H2,1H3,(H2,18,23)/t13-/m0/s1. The summed E-state index contributed by atoms with van der Waals surface area (Å²) in [5.41, 5.74) is 7.31. The van der Waals surface area contributed by atoms with Crippen LogP contribution in [0.3, 0.4) is 0 Å². The van der Waals surface area contributed by atoms with E-state index in [1.54, 1.807) is 4.90 Å². The summed E-state index contributed by atoms with van der Waals surface area (Å²) in [6, 6.07) is 7.78. The maximum atomic E-state index is 12.3. The number of amides is 2. The van der Waals surface area contributed by atoms with Gasteiger partial charge < -0.3 is 15.1 Å². The fourth-order valence-electron chi connectivity index (χ4n) is 2.81. The number of hydrogen-bond acceptors (Lipinski definition) is 6. The molecule has 1 aromatic heterocycles. The number of rotatable bonds is 5. The van der Waals surface area contributed by atoms with Crippen LogP contribution >= 0.6 is 11.8 Å². The third-order valence-electron chi connectivity index (χ3n) is 4.17. The second-order valence-corrected chi connectivity index (χ2v) is 7.04. The number of nitrogens with two attached hydrogens (primary N) is 1. The average Bonchev–Trinajstić information content (AvgIpc) is 3.09. The van der Waals surface area contributed by atoms with Gasteiger partial charge in [-0.25, -0.2) is 0 Å². The summed E-state index contributed by atoms with van der Waals surface area (Å²) in [6.45, 7) is 3.04. The highest BCUT2D eigenvalue weighted by molar-refractivity contribution is 7.99. The van der Waals surface area contributed by atoms with Crippen LogP contribution in [0.2, 0.25) is 0 Å². The number of aromatic nitrogens is 2. The van der Waals surface area contributed by atoms with Crippen molar-refractivity contribution in [2.24, 2.45) is 11.7 Å². The zero-order valence-corrected chi connectivity index (χ0v) is 14.8. The zero-order valence-electron chi connectivity index (χ0n) is 14.0. The molecular weight excluding hydrogens is 340 g/mol. The monoisotopic (exact) mass is 360 g/mol. The van der Waals surface area contributed by atoms with E-state index in [1.807, 2.05) is 31.2 Å². The SMILES string of the molecule is Cc1cccc(-c2nnc(SCC(=O)N3CCC[C@H](C(N)=O)C3)o2)c1. The minimum atomic E-state index is -0.343. The number of carbonyl (C=O) groups excluding carboxylic acids is 2. The molecule has 1 fully saturated rings. The lowest BCUT2D eigenvalue weighted by Gasteiger charge is -2.31. The Hall–Kier alpha value is -2.35. The number of likely N-dealkylation sites (tertiary alicyclic amines) is 1. The van der Waals surface area contributed by atoms with E-state index in [0.29, 0.717) is 24.2 Å². The van der Waals surface area contributed by atoms with Gasteiger partial charge in [-0.15, -0.1) is 10.2 Å². The lowest BCUT2D eigenvalue weighted by Crippen LogP contribution is -2.44. The molecule has 0 saturated carbocycles. The fraction of sp³-hybridized carbons (Fsp3) is 0.412. The van der Waals surface area contributed by atoms with Crippen LogP contribution in [0.25, 0.3) is 11.5 Å². The van der Waals surface area contributed by atoms with Crippen molar-refractivity contribution in [3.63, 3.8) is 0 Å². The van der Waals surface area contributed by atoms with Gasteiger partial charge in [0.25, 0.3) is 5.22 Å². The third kappa shape index (κ3) is 4.39. The van der Waals surface area contributed by atoms with E-state index in [-0.39, 0.29) is 23.5 Å². The molecule has 1 aromatic carbocycles. The van der Waals surface area contributed by atoms with Gasteiger partial charge >= 0.3 is 0 Å². The predicted molar refractivity (Wildman–Crippen MR) is 93.7 cm³/mol. The van der Waals surface area contributed by atoms with Gasteiger partial charge in [-0.2, -0.15) is 0 Å². The molecule has 25 heavy (non-hydrogen) atoms. The fourth-order valence-corrected chi connectivity index (χ4v) is 3.48. The molecule has 0 bridgehead atoms. The molecule has 1 saturated heterocycles. The molecular formula is C17H20N4O3S. The van der Waals surface area contributed by atoms with Crippen LogP contribution in [0.4, 0.5) is 0 Å². The quantitative estimate of drug-likeness (QED) is 0.817. The van der Waals surface area contributed by atoms with Crippen molar-refractivity contribution in [1.82, 2.24) is 15.1 Å². The molecule has 0 radical (unpaired) electrons. The first-order chi connectivity index (χ1) is 12.0. The summed E-state index contributed by atoms with van der Waals surface area (Å²) in [7, 11) is 0. The Labute approximate surface area is 150 Å². The summed E-state index contributed by atoms with van der Waals surface area (Å²) in [5.74, 6) is -0.0125. The van der Waals surface area contributed by atoms with Gasteiger partial charge in [0.1, 0.15) is 0 Å². The number of thioether (sulfide) groups is 1. The van der Waals surface area contributed by atoms with Crippen LogP contribution in [0.1, 0.15) is 18.4 Å². The third-order valence-corrected chi connectivity index (χ3v) is 4.97. The molecule has 2 aromatic rings. The van der Waals surface area contributed by atoms with Crippen LogP contribution in [-0.2, 0) is 9.59 Å². The minimum absolute atomic E-state index is 0.0498. The smallest absolute Gasteiger partial charge is 0.277 e. The highest BCUT2D eigenvalue weighted by Gasteiger charge is 2.27. The maximum Gasteiger partial charge on any atom is 0.277 e. The Kier molecular flexibility index (Phi) is 5.37. The molecule has 2 amide bonds. The summed E-state index contributed by atoms with van der Waals surface area (Å²) >= 11 is 1.20. The number of nitrogens with zero attached hydrogens (tertiary/aromatic N) is 3. The van der Waals surface area contributed by atoms with Crippen LogP contribution in [-0.4, -0.2) is 45.8 Å². The van der Waals surface area contributed by atoms with Crippen molar-refractivity contribution >= 4 is 23.6 Å². The van der Waals surface area contributed by atoms with Crippen molar-refractivity contribution in [3.8, 4) is 11.5 Å². The van der Waals surface area contributed by atoms with E-state index in [9.17, 15) is 9.59 Å². The molecule has 1 aliphatic heterocycles. The highest BCUT2D eigenvalue weighted by atomic mass is 32.2. The van der Waals surface area contributed by atoms with E-state index in [0.717, 1.165) is 24.0 Å². The number of aryl methyl sites for hydroxylation is 1. The van der Waals surface area contributed by atoms with Crippen molar-refractivity contribution in [2.75, 3.05) is 18.8 Å². The first-order valence-corrected chi connectivity index (χ1v) is 9.12. The number of piperidine rings is 1. The number of hydrogen-bond donors (Lipinski definition) is 1. The van der Waals surface area contributed by atoms with E-state index in [4.69, 9.17) is 10.2 Å². The van der Waals surface area contributed by atoms with Crippen molar-refractivity contribution < 1.29 is 14.0 Å². The first kappa shape index (κ1) is 17.5. The van der Waals surface area contributed by atoms with Crippen molar-refractivity contribution in [1.29, 1.82) is 0 Å². The van der Waals surface area contributed by atoms with Gasteiger partial charge in [0.05, 0.1) is 11.7 Å². The molecule has 2 heterocycles. The molecule has 0 aliphatic carbocycles. The lowest BCUT2D eigenvalue weighted by atomic mass is 9.97. The number of benzene rings is 1. The van der Waals surface area contributed by atoms with E-state index in [2.05, 4.69) is 10.2 Å². The molecule has 8 heteroatoms. The maximum absolute atomic E-state index is 12.3. The first-order valence-electron chi connectivity index (χ1n) is 8.13. The Balaban J connectivity index is 1.57. The van der Waals surface area contributed by atoms with Crippen LogP contribution in [0.15, 0.2) is 33.9 Å². The molecule has 0 unspecified atom stereocenters. The Bertz CT molecular complexity index is 777. The summed E-state index contributed by atoms with van der Waals surface area (Å²) in [4.78, 5) is 25.3. The Morgan fingerprint density at radius 1 is 1.40 bits per heavy atom. The van der Waals surface area contributed by atoms with Crippen LogP contribution in [0, 0.1) is 12.8 Å². The van der Waals surface area contributed by atoms with Gasteiger partial charge in [0.15, 0.2) is 0 Å². The van der Waals surface area contributed by atoms with Gasteiger partial charge in [-0.3, -0.25) is 9.59 Å². The lowest BCUT2D eigenvalue weighted by molar-refractivity contribution is -0.132. The number of primary amides is 1. The molecule has 7 nitrogen and oxygen atoms in total. The van der Waals surface area contributed by atoms with Gasteiger partial charge in [0, 0.05) is 18.7 Å². The van der Waals surface area contributed by atoms with E-state index >= 15 is 0 Å². The molecule has 132 valence electrons. The summed E-state index contributed by atoms with van der Waals surface area (Å²) in [6.07, 6.45) is 1.54. The topological polar surface area (TPSA) is 102 Å². The molecule has 1 atom stereocenters. The second-order valence-electron chi connectivity index (χ2n) is 6.11. The Morgan fingerprint density at radius 2 is 2.24 bits per heavy atom. The van der Waals surface area contributed by atoms with Crippen molar-refractivity contribution in [3.05, 3.63) is 29.8 Å². The predicted octanol–water partition coefficient (Wildman–Crippen LogP) is 1.86. The van der Waals surface area contributed by atoms with E-state index in [1.165, 1.54) is 11.8 Å². The van der Waals surface area contributed by atoms with Crippen LogP contribution < -0.4 is 5.73 Å². The molecule has 3 rings (SSSR count). The summed E-state index contributed by atoms with van der Waals surface area (Å²) in [5, 5.41) is 8.37. The molecule has 0 spiro atoms. The normalized spacial score (nSPS) is 17.5. The summed E-state index contributed by atoms with van der Waals surface area (Å²) < 4.78 is 5.62. The second kappa shape index (κ2) is 7.69. The molecule has 2 N–H and O–H groups in total. The minimum Gasteiger partial charge on any atom is -0.411 e. The van der Waals surface area contributed by atoms with Gasteiger partial charge in [-0.1, -0.05) is 29.5 Å². The van der Waals surface area contributed by atoms with Gasteiger partial charge in [-0.05, 0) is 31.9 Å². The van der Waals surface area contributed by atoms with Crippen LogP contribution in [0.5, 0.6) is 0 Å². The van der Waals surface area contributed by atoms with Crippen molar-refractivity contribution in [2.45, 2.75) is 25.0 Å².